The van der Waals surface area contributed by atoms with Gasteiger partial charge in [-0.2, -0.15) is 11.8 Å². The maximum atomic E-state index is 3.60. The van der Waals surface area contributed by atoms with Crippen molar-refractivity contribution in [3.05, 3.63) is 0 Å². The fourth-order valence-corrected chi connectivity index (χ4v) is 3.48. The molecule has 1 fully saturated rings. The summed E-state index contributed by atoms with van der Waals surface area (Å²) in [5.74, 6) is 4.67. The maximum Gasteiger partial charge on any atom is -0.00179 e. The van der Waals surface area contributed by atoms with Crippen LogP contribution in [0.1, 0.15) is 52.4 Å². The van der Waals surface area contributed by atoms with Gasteiger partial charge in [0.1, 0.15) is 0 Å². The van der Waals surface area contributed by atoms with Gasteiger partial charge in [-0.3, -0.25) is 0 Å². The zero-order chi connectivity index (χ0) is 11.6. The van der Waals surface area contributed by atoms with E-state index in [0.29, 0.717) is 0 Å². The summed E-state index contributed by atoms with van der Waals surface area (Å²) in [5.41, 5.74) is 0. The van der Waals surface area contributed by atoms with Crippen LogP contribution in [0, 0.1) is 11.8 Å². The lowest BCUT2D eigenvalue weighted by molar-refractivity contribution is 0.346. The lowest BCUT2D eigenvalue weighted by atomic mass is 9.92. The second-order valence-corrected chi connectivity index (χ2v) is 6.39. The van der Waals surface area contributed by atoms with Crippen LogP contribution in [0.25, 0.3) is 0 Å². The van der Waals surface area contributed by atoms with Crippen molar-refractivity contribution >= 4 is 11.8 Å². The molecule has 1 saturated carbocycles. The summed E-state index contributed by atoms with van der Waals surface area (Å²) in [4.78, 5) is 0. The molecule has 0 radical (unpaired) electrons. The highest BCUT2D eigenvalue weighted by molar-refractivity contribution is 7.99. The maximum absolute atomic E-state index is 3.60. The summed E-state index contributed by atoms with van der Waals surface area (Å²) in [6.07, 6.45) is 8.63. The highest BCUT2D eigenvalue weighted by Gasteiger charge is 2.25. The molecule has 2 unspecified atom stereocenters. The minimum absolute atomic E-state index is 0.984. The van der Waals surface area contributed by atoms with Gasteiger partial charge in [0, 0.05) is 0 Å². The normalized spacial score (nSPS) is 25.1. The van der Waals surface area contributed by atoms with Crippen LogP contribution in [0.5, 0.6) is 0 Å². The van der Waals surface area contributed by atoms with Gasteiger partial charge >= 0.3 is 0 Å². The standard InChI is InChI=1S/C14H29NS/c1-3-10-15-12-14-8-5-7-13(14)9-6-11-16-4-2/h13-15H,3-12H2,1-2H3. The van der Waals surface area contributed by atoms with E-state index < -0.39 is 0 Å². The van der Waals surface area contributed by atoms with Crippen LogP contribution in [0.2, 0.25) is 0 Å². The first-order valence-electron chi connectivity index (χ1n) is 7.16. The van der Waals surface area contributed by atoms with Gasteiger partial charge in [0.25, 0.3) is 0 Å². The smallest absolute Gasteiger partial charge is 0.00179 e. The Balaban J connectivity index is 2.08. The summed E-state index contributed by atoms with van der Waals surface area (Å²) in [7, 11) is 0. The van der Waals surface area contributed by atoms with Crippen LogP contribution in [0.3, 0.4) is 0 Å². The van der Waals surface area contributed by atoms with E-state index in [-0.39, 0.29) is 0 Å². The average Bonchev–Trinajstić information content (AvgIpc) is 2.73. The van der Waals surface area contributed by atoms with E-state index >= 15 is 0 Å². The van der Waals surface area contributed by atoms with Gasteiger partial charge in [0.05, 0.1) is 0 Å². The summed E-state index contributed by atoms with van der Waals surface area (Å²) in [5, 5.41) is 3.60. The van der Waals surface area contributed by atoms with Crippen molar-refractivity contribution in [2.45, 2.75) is 52.4 Å². The SMILES string of the molecule is CCCNCC1CCCC1CCCSCC. The fourth-order valence-electron chi connectivity index (χ4n) is 2.82. The van der Waals surface area contributed by atoms with Crippen molar-refractivity contribution in [2.24, 2.45) is 11.8 Å². The molecule has 1 rings (SSSR count). The molecule has 16 heavy (non-hydrogen) atoms. The highest BCUT2D eigenvalue weighted by Crippen LogP contribution is 2.34. The Kier molecular flexibility index (Phi) is 8.40. The van der Waals surface area contributed by atoms with Crippen LogP contribution >= 0.6 is 11.8 Å². The second-order valence-electron chi connectivity index (χ2n) is 4.99. The third-order valence-corrected chi connectivity index (χ3v) is 4.70. The third-order valence-electron chi connectivity index (χ3n) is 3.72. The quantitative estimate of drug-likeness (QED) is 0.616. The minimum atomic E-state index is 0.984. The van der Waals surface area contributed by atoms with Crippen LogP contribution < -0.4 is 5.32 Å². The molecule has 1 aliphatic rings. The van der Waals surface area contributed by atoms with E-state index in [9.17, 15) is 0 Å². The third kappa shape index (κ3) is 5.58. The monoisotopic (exact) mass is 243 g/mol. The van der Waals surface area contributed by atoms with Gasteiger partial charge in [0.2, 0.25) is 0 Å². The van der Waals surface area contributed by atoms with E-state index in [1.54, 1.807) is 0 Å². The molecular formula is C14H29NS. The van der Waals surface area contributed by atoms with Gasteiger partial charge in [-0.25, -0.2) is 0 Å². The molecule has 0 aromatic rings. The van der Waals surface area contributed by atoms with Gasteiger partial charge in [0.15, 0.2) is 0 Å². The Labute approximate surface area is 106 Å². The predicted octanol–water partition coefficient (Wildman–Crippen LogP) is 3.94. The van der Waals surface area contributed by atoms with Crippen LogP contribution in [-0.4, -0.2) is 24.6 Å². The van der Waals surface area contributed by atoms with Crippen molar-refractivity contribution in [1.82, 2.24) is 5.32 Å². The fraction of sp³-hybridized carbons (Fsp3) is 1.00. The number of thioether (sulfide) groups is 1. The van der Waals surface area contributed by atoms with E-state index in [0.717, 1.165) is 11.8 Å². The van der Waals surface area contributed by atoms with Crippen LogP contribution in [0.15, 0.2) is 0 Å². The lowest BCUT2D eigenvalue weighted by Gasteiger charge is -2.19. The zero-order valence-corrected chi connectivity index (χ0v) is 12.0. The number of hydrogen-bond acceptors (Lipinski definition) is 2. The van der Waals surface area contributed by atoms with Gasteiger partial charge in [-0.05, 0) is 62.1 Å². The van der Waals surface area contributed by atoms with Crippen molar-refractivity contribution in [3.63, 3.8) is 0 Å². The Bertz CT molecular complexity index is 161. The minimum Gasteiger partial charge on any atom is -0.316 e. The number of rotatable bonds is 9. The Morgan fingerprint density at radius 1 is 1.19 bits per heavy atom. The molecule has 2 atom stereocenters. The summed E-state index contributed by atoms with van der Waals surface area (Å²) in [6.45, 7) is 6.99. The average molecular weight is 243 g/mol. The highest BCUT2D eigenvalue weighted by atomic mass is 32.2. The van der Waals surface area contributed by atoms with Crippen molar-refractivity contribution in [1.29, 1.82) is 0 Å². The Hall–Kier alpha value is 0.310. The molecule has 2 heteroatoms. The van der Waals surface area contributed by atoms with E-state index in [1.165, 1.54) is 63.1 Å². The molecule has 96 valence electrons. The lowest BCUT2D eigenvalue weighted by Crippen LogP contribution is -2.26. The first kappa shape index (κ1) is 14.4. The molecule has 1 N–H and O–H groups in total. The number of nitrogens with one attached hydrogen (secondary N) is 1. The Morgan fingerprint density at radius 3 is 2.75 bits per heavy atom. The van der Waals surface area contributed by atoms with E-state index in [2.05, 4.69) is 30.9 Å². The molecule has 0 bridgehead atoms. The predicted molar refractivity (Wildman–Crippen MR) is 76.2 cm³/mol. The number of hydrogen-bond donors (Lipinski definition) is 1. The first-order valence-corrected chi connectivity index (χ1v) is 8.32. The molecule has 0 spiro atoms. The van der Waals surface area contributed by atoms with Crippen LogP contribution in [-0.2, 0) is 0 Å². The van der Waals surface area contributed by atoms with E-state index in [4.69, 9.17) is 0 Å². The molecule has 0 aliphatic heterocycles. The van der Waals surface area contributed by atoms with Gasteiger partial charge in [-0.1, -0.05) is 26.7 Å². The molecule has 0 aromatic heterocycles. The Morgan fingerprint density at radius 2 is 2.00 bits per heavy atom. The van der Waals surface area contributed by atoms with E-state index in [1.807, 2.05) is 0 Å². The molecule has 1 aliphatic carbocycles. The topological polar surface area (TPSA) is 12.0 Å². The largest absolute Gasteiger partial charge is 0.316 e. The summed E-state index contributed by atoms with van der Waals surface area (Å²) < 4.78 is 0. The van der Waals surface area contributed by atoms with Gasteiger partial charge in [-0.15, -0.1) is 0 Å². The molecule has 0 amide bonds. The molecule has 1 nitrogen and oxygen atoms in total. The molecule has 0 heterocycles. The van der Waals surface area contributed by atoms with Crippen molar-refractivity contribution in [3.8, 4) is 0 Å². The van der Waals surface area contributed by atoms with Crippen molar-refractivity contribution < 1.29 is 0 Å². The van der Waals surface area contributed by atoms with Gasteiger partial charge < -0.3 is 5.32 Å². The molecular weight excluding hydrogens is 214 g/mol. The molecule has 0 aromatic carbocycles. The summed E-state index contributed by atoms with van der Waals surface area (Å²) >= 11 is 2.10. The molecule has 0 saturated heterocycles. The van der Waals surface area contributed by atoms with Crippen molar-refractivity contribution in [2.75, 3.05) is 24.6 Å². The van der Waals surface area contributed by atoms with Crippen LogP contribution in [0.4, 0.5) is 0 Å². The second kappa shape index (κ2) is 9.35. The zero-order valence-electron chi connectivity index (χ0n) is 11.1. The first-order chi connectivity index (χ1) is 7.88. The summed E-state index contributed by atoms with van der Waals surface area (Å²) in [6, 6.07) is 0.